The lowest BCUT2D eigenvalue weighted by Gasteiger charge is -2.43. The van der Waals surface area contributed by atoms with Crippen LogP contribution in [0, 0.1) is 11.3 Å². The molecule has 22 heavy (non-hydrogen) atoms. The van der Waals surface area contributed by atoms with Crippen molar-refractivity contribution in [3.8, 4) is 0 Å². The van der Waals surface area contributed by atoms with Crippen LogP contribution in [0.4, 0.5) is 0 Å². The molecule has 3 atom stereocenters. The lowest BCUT2D eigenvalue weighted by Crippen LogP contribution is -2.56. The van der Waals surface area contributed by atoms with Crippen LogP contribution < -0.4 is 10.6 Å². The fourth-order valence-corrected chi connectivity index (χ4v) is 4.27. The number of carbonyl (C=O) groups excluding carboxylic acids is 2. The summed E-state index contributed by atoms with van der Waals surface area (Å²) in [6, 6.07) is 0. The van der Waals surface area contributed by atoms with Crippen LogP contribution in [0.3, 0.4) is 0 Å². The third kappa shape index (κ3) is 2.99. The Morgan fingerprint density at radius 2 is 2.27 bits per heavy atom. The quantitative estimate of drug-likeness (QED) is 0.777. The van der Waals surface area contributed by atoms with Gasteiger partial charge in [0.05, 0.1) is 18.1 Å². The first-order valence-electron chi connectivity index (χ1n) is 8.48. The van der Waals surface area contributed by atoms with Gasteiger partial charge < -0.3 is 20.3 Å². The highest BCUT2D eigenvalue weighted by Gasteiger charge is 2.51. The van der Waals surface area contributed by atoms with Gasteiger partial charge in [-0.25, -0.2) is 0 Å². The highest BCUT2D eigenvalue weighted by atomic mass is 16.5. The van der Waals surface area contributed by atoms with E-state index in [9.17, 15) is 9.59 Å². The van der Waals surface area contributed by atoms with Crippen molar-refractivity contribution in [2.45, 2.75) is 38.7 Å². The molecule has 0 bridgehead atoms. The van der Waals surface area contributed by atoms with E-state index < -0.39 is 0 Å². The van der Waals surface area contributed by atoms with Crippen molar-refractivity contribution in [2.24, 2.45) is 11.3 Å². The first kappa shape index (κ1) is 15.7. The summed E-state index contributed by atoms with van der Waals surface area (Å²) in [7, 11) is 0. The van der Waals surface area contributed by atoms with Gasteiger partial charge in [-0.1, -0.05) is 12.8 Å². The standard InChI is InChI=1S/C16H27N3O3/c1-12(20)18-9-14-10-19(6-7-22-14)15(21)16-5-3-2-4-13(16)8-17-11-16/h13-14,17H,2-11H2,1H3,(H,18,20)/t13-,14?,16+/m0/s1. The lowest BCUT2D eigenvalue weighted by molar-refractivity contribution is -0.152. The summed E-state index contributed by atoms with van der Waals surface area (Å²) in [4.78, 5) is 26.2. The van der Waals surface area contributed by atoms with Gasteiger partial charge in [-0.15, -0.1) is 0 Å². The van der Waals surface area contributed by atoms with Gasteiger partial charge in [-0.05, 0) is 25.3 Å². The minimum absolute atomic E-state index is 0.0574. The molecule has 2 N–H and O–H groups in total. The molecule has 2 amide bonds. The number of nitrogens with one attached hydrogen (secondary N) is 2. The van der Waals surface area contributed by atoms with Gasteiger partial charge in [-0.3, -0.25) is 9.59 Å². The highest BCUT2D eigenvalue weighted by Crippen LogP contribution is 2.45. The van der Waals surface area contributed by atoms with Gasteiger partial charge in [-0.2, -0.15) is 0 Å². The zero-order valence-corrected chi connectivity index (χ0v) is 13.4. The van der Waals surface area contributed by atoms with E-state index in [4.69, 9.17) is 4.74 Å². The molecule has 3 rings (SSSR count). The first-order chi connectivity index (χ1) is 10.6. The topological polar surface area (TPSA) is 70.7 Å². The molecule has 2 aliphatic heterocycles. The maximum Gasteiger partial charge on any atom is 0.230 e. The number of carbonyl (C=O) groups is 2. The minimum Gasteiger partial charge on any atom is -0.373 e. The number of hydrogen-bond donors (Lipinski definition) is 2. The SMILES string of the molecule is CC(=O)NCC1CN(C(=O)[C@@]23CCCC[C@H]2CNC3)CCO1. The second-order valence-corrected chi connectivity index (χ2v) is 6.91. The molecule has 2 heterocycles. The second-order valence-electron chi connectivity index (χ2n) is 6.91. The Labute approximate surface area is 131 Å². The molecule has 124 valence electrons. The van der Waals surface area contributed by atoms with Crippen molar-refractivity contribution in [2.75, 3.05) is 39.3 Å². The van der Waals surface area contributed by atoms with E-state index in [0.29, 0.717) is 38.1 Å². The summed E-state index contributed by atoms with van der Waals surface area (Å²) in [5.41, 5.74) is -0.186. The summed E-state index contributed by atoms with van der Waals surface area (Å²) in [5, 5.41) is 6.23. The average Bonchev–Trinajstić information content (AvgIpc) is 2.97. The van der Waals surface area contributed by atoms with Crippen molar-refractivity contribution in [3.05, 3.63) is 0 Å². The van der Waals surface area contributed by atoms with Gasteiger partial charge in [0.15, 0.2) is 0 Å². The average molecular weight is 309 g/mol. The number of hydrogen-bond acceptors (Lipinski definition) is 4. The van der Waals surface area contributed by atoms with E-state index in [-0.39, 0.29) is 17.4 Å². The molecule has 0 aromatic rings. The summed E-state index contributed by atoms with van der Waals surface area (Å²) >= 11 is 0. The van der Waals surface area contributed by atoms with Crippen molar-refractivity contribution in [1.29, 1.82) is 0 Å². The second kappa shape index (κ2) is 6.54. The zero-order chi connectivity index (χ0) is 15.6. The van der Waals surface area contributed by atoms with Crippen molar-refractivity contribution < 1.29 is 14.3 Å². The van der Waals surface area contributed by atoms with Gasteiger partial charge in [0, 0.05) is 33.1 Å². The van der Waals surface area contributed by atoms with Crippen molar-refractivity contribution in [1.82, 2.24) is 15.5 Å². The Morgan fingerprint density at radius 1 is 1.41 bits per heavy atom. The Morgan fingerprint density at radius 3 is 3.09 bits per heavy atom. The molecule has 1 unspecified atom stereocenters. The number of morpholine rings is 1. The maximum absolute atomic E-state index is 13.2. The number of amides is 2. The predicted octanol–water partition coefficient (Wildman–Crippen LogP) is 0.130. The van der Waals surface area contributed by atoms with Crippen molar-refractivity contribution in [3.63, 3.8) is 0 Å². The molecule has 1 saturated carbocycles. The number of ether oxygens (including phenoxy) is 1. The Bertz CT molecular complexity index is 442. The minimum atomic E-state index is -0.186. The maximum atomic E-state index is 13.2. The molecule has 0 spiro atoms. The molecule has 6 nitrogen and oxygen atoms in total. The summed E-state index contributed by atoms with van der Waals surface area (Å²) in [5.74, 6) is 0.738. The Kier molecular flexibility index (Phi) is 4.68. The van der Waals surface area contributed by atoms with E-state index in [2.05, 4.69) is 10.6 Å². The fraction of sp³-hybridized carbons (Fsp3) is 0.875. The monoisotopic (exact) mass is 309 g/mol. The van der Waals surface area contributed by atoms with Gasteiger partial charge in [0.2, 0.25) is 11.8 Å². The smallest absolute Gasteiger partial charge is 0.230 e. The molecule has 0 aromatic heterocycles. The molecular formula is C16H27N3O3. The van der Waals surface area contributed by atoms with E-state index in [1.807, 2.05) is 4.90 Å². The van der Waals surface area contributed by atoms with Crippen LogP contribution in [0.1, 0.15) is 32.6 Å². The van der Waals surface area contributed by atoms with Gasteiger partial charge >= 0.3 is 0 Å². The van der Waals surface area contributed by atoms with E-state index in [1.54, 1.807) is 0 Å². The highest BCUT2D eigenvalue weighted by molar-refractivity contribution is 5.84. The van der Waals surface area contributed by atoms with Gasteiger partial charge in [0.25, 0.3) is 0 Å². The number of rotatable bonds is 3. The molecule has 6 heteroatoms. The molecule has 1 aliphatic carbocycles. The Hall–Kier alpha value is -1.14. The predicted molar refractivity (Wildman–Crippen MR) is 82.3 cm³/mol. The van der Waals surface area contributed by atoms with Crippen LogP contribution >= 0.6 is 0 Å². The molecule has 2 saturated heterocycles. The third-order valence-corrected chi connectivity index (χ3v) is 5.47. The summed E-state index contributed by atoms with van der Waals surface area (Å²) in [6.45, 7) is 5.60. The third-order valence-electron chi connectivity index (χ3n) is 5.47. The van der Waals surface area contributed by atoms with Crippen LogP contribution in [0.2, 0.25) is 0 Å². The number of fused-ring (bicyclic) bond motifs is 1. The summed E-state index contributed by atoms with van der Waals surface area (Å²) in [6.07, 6.45) is 4.49. The lowest BCUT2D eigenvalue weighted by atomic mass is 9.67. The van der Waals surface area contributed by atoms with Crippen LogP contribution in [0.25, 0.3) is 0 Å². The molecule has 0 aromatic carbocycles. The fourth-order valence-electron chi connectivity index (χ4n) is 4.27. The van der Waals surface area contributed by atoms with Crippen LogP contribution in [-0.2, 0) is 14.3 Å². The largest absolute Gasteiger partial charge is 0.373 e. The number of nitrogens with zero attached hydrogens (tertiary/aromatic N) is 1. The first-order valence-corrected chi connectivity index (χ1v) is 8.48. The van der Waals surface area contributed by atoms with Crippen LogP contribution in [0.15, 0.2) is 0 Å². The molecule has 3 aliphatic rings. The Balaban J connectivity index is 1.65. The van der Waals surface area contributed by atoms with E-state index in [1.165, 1.54) is 19.8 Å². The van der Waals surface area contributed by atoms with E-state index >= 15 is 0 Å². The van der Waals surface area contributed by atoms with Crippen LogP contribution in [0.5, 0.6) is 0 Å². The van der Waals surface area contributed by atoms with E-state index in [0.717, 1.165) is 25.9 Å². The molecule has 3 fully saturated rings. The van der Waals surface area contributed by atoms with Crippen molar-refractivity contribution >= 4 is 11.8 Å². The normalized spacial score (nSPS) is 35.0. The molecular weight excluding hydrogens is 282 g/mol. The summed E-state index contributed by atoms with van der Waals surface area (Å²) < 4.78 is 5.68. The van der Waals surface area contributed by atoms with Gasteiger partial charge in [0.1, 0.15) is 0 Å². The molecule has 0 radical (unpaired) electrons. The zero-order valence-electron chi connectivity index (χ0n) is 13.4. The van der Waals surface area contributed by atoms with Crippen LogP contribution in [-0.4, -0.2) is 62.1 Å².